The van der Waals surface area contributed by atoms with Crippen molar-refractivity contribution in [2.75, 3.05) is 6.54 Å². The molecule has 0 saturated carbocycles. The lowest BCUT2D eigenvalue weighted by Gasteiger charge is -2.18. The molecule has 0 amide bonds. The van der Waals surface area contributed by atoms with Gasteiger partial charge in [0.15, 0.2) is 0 Å². The van der Waals surface area contributed by atoms with Gasteiger partial charge < -0.3 is 9.88 Å². The molecule has 0 radical (unpaired) electrons. The standard InChI is InChI=1S/C17H25N3/c1-5-10-18-17(16-11-20(4)12-19-16)15-8-6-14(7-9-15)13(2)3/h6-9,11-13,17-18H,5,10H2,1-4H3. The van der Waals surface area contributed by atoms with Crippen molar-refractivity contribution in [1.29, 1.82) is 0 Å². The number of hydrogen-bond donors (Lipinski definition) is 1. The van der Waals surface area contributed by atoms with Gasteiger partial charge in [-0.05, 0) is 30.0 Å². The molecule has 1 N–H and O–H groups in total. The van der Waals surface area contributed by atoms with Crippen LogP contribution >= 0.6 is 0 Å². The maximum atomic E-state index is 4.50. The highest BCUT2D eigenvalue weighted by molar-refractivity contribution is 5.31. The van der Waals surface area contributed by atoms with Crippen LogP contribution in [0.1, 0.15) is 56.0 Å². The molecule has 1 heterocycles. The highest BCUT2D eigenvalue weighted by Gasteiger charge is 2.15. The summed E-state index contributed by atoms with van der Waals surface area (Å²) in [5, 5.41) is 3.59. The lowest BCUT2D eigenvalue weighted by molar-refractivity contribution is 0.588. The number of aromatic nitrogens is 2. The fourth-order valence-electron chi connectivity index (χ4n) is 2.34. The molecular weight excluding hydrogens is 246 g/mol. The summed E-state index contributed by atoms with van der Waals surface area (Å²) in [6, 6.07) is 9.07. The van der Waals surface area contributed by atoms with E-state index in [2.05, 4.69) is 61.5 Å². The summed E-state index contributed by atoms with van der Waals surface area (Å²) in [4.78, 5) is 4.50. The number of aryl methyl sites for hydroxylation is 1. The normalized spacial score (nSPS) is 12.8. The first-order chi connectivity index (χ1) is 9.61. The molecule has 108 valence electrons. The maximum Gasteiger partial charge on any atom is 0.0947 e. The summed E-state index contributed by atoms with van der Waals surface area (Å²) in [6.07, 6.45) is 5.07. The predicted octanol–water partition coefficient (Wildman–Crippen LogP) is 3.63. The second kappa shape index (κ2) is 6.71. The van der Waals surface area contributed by atoms with Crippen LogP contribution in [0.25, 0.3) is 0 Å². The Hall–Kier alpha value is -1.61. The van der Waals surface area contributed by atoms with Gasteiger partial charge in [-0.2, -0.15) is 0 Å². The molecule has 1 atom stereocenters. The van der Waals surface area contributed by atoms with Gasteiger partial charge in [-0.25, -0.2) is 4.98 Å². The third-order valence-electron chi connectivity index (χ3n) is 3.56. The van der Waals surface area contributed by atoms with Gasteiger partial charge in [-0.1, -0.05) is 45.0 Å². The van der Waals surface area contributed by atoms with Crippen LogP contribution in [-0.4, -0.2) is 16.1 Å². The molecule has 1 unspecified atom stereocenters. The minimum absolute atomic E-state index is 0.178. The summed E-state index contributed by atoms with van der Waals surface area (Å²) in [7, 11) is 2.01. The van der Waals surface area contributed by atoms with E-state index in [4.69, 9.17) is 0 Å². The summed E-state index contributed by atoms with van der Waals surface area (Å²) in [5.41, 5.74) is 3.74. The topological polar surface area (TPSA) is 29.9 Å². The number of nitrogens with one attached hydrogen (secondary N) is 1. The van der Waals surface area contributed by atoms with Crippen molar-refractivity contribution in [1.82, 2.24) is 14.9 Å². The molecule has 0 fully saturated rings. The fourth-order valence-corrected chi connectivity index (χ4v) is 2.34. The van der Waals surface area contributed by atoms with Crippen molar-refractivity contribution in [3.05, 3.63) is 53.6 Å². The van der Waals surface area contributed by atoms with E-state index in [-0.39, 0.29) is 6.04 Å². The van der Waals surface area contributed by atoms with Crippen molar-refractivity contribution in [3.8, 4) is 0 Å². The Kier molecular flexibility index (Phi) is 4.96. The molecule has 0 saturated heterocycles. The average molecular weight is 271 g/mol. The third-order valence-corrected chi connectivity index (χ3v) is 3.56. The smallest absolute Gasteiger partial charge is 0.0947 e. The number of hydrogen-bond acceptors (Lipinski definition) is 2. The van der Waals surface area contributed by atoms with Crippen molar-refractivity contribution < 1.29 is 0 Å². The summed E-state index contributed by atoms with van der Waals surface area (Å²) < 4.78 is 2.00. The fraction of sp³-hybridized carbons (Fsp3) is 0.471. The van der Waals surface area contributed by atoms with Crippen LogP contribution in [0.3, 0.4) is 0 Å². The van der Waals surface area contributed by atoms with Gasteiger partial charge in [0.05, 0.1) is 18.1 Å². The van der Waals surface area contributed by atoms with Crippen LogP contribution in [0.2, 0.25) is 0 Å². The van der Waals surface area contributed by atoms with E-state index < -0.39 is 0 Å². The van der Waals surface area contributed by atoms with Crippen molar-refractivity contribution in [2.45, 2.75) is 39.2 Å². The van der Waals surface area contributed by atoms with Gasteiger partial charge in [0.1, 0.15) is 0 Å². The van der Waals surface area contributed by atoms with Crippen LogP contribution in [0.4, 0.5) is 0 Å². The predicted molar refractivity (Wildman–Crippen MR) is 83.9 cm³/mol. The SMILES string of the molecule is CCCNC(c1ccc(C(C)C)cc1)c1cn(C)cn1. The molecule has 1 aromatic carbocycles. The zero-order valence-electron chi connectivity index (χ0n) is 12.9. The maximum absolute atomic E-state index is 4.50. The Morgan fingerprint density at radius 1 is 1.15 bits per heavy atom. The van der Waals surface area contributed by atoms with Gasteiger partial charge in [-0.15, -0.1) is 0 Å². The first kappa shape index (κ1) is 14.8. The second-order valence-corrected chi connectivity index (χ2v) is 5.67. The van der Waals surface area contributed by atoms with E-state index in [0.717, 1.165) is 18.7 Å². The molecule has 0 aliphatic rings. The summed E-state index contributed by atoms with van der Waals surface area (Å²) >= 11 is 0. The van der Waals surface area contributed by atoms with Crippen LogP contribution in [0, 0.1) is 0 Å². The highest BCUT2D eigenvalue weighted by atomic mass is 15.0. The Morgan fingerprint density at radius 3 is 2.30 bits per heavy atom. The highest BCUT2D eigenvalue weighted by Crippen LogP contribution is 2.23. The van der Waals surface area contributed by atoms with Gasteiger partial charge in [0.25, 0.3) is 0 Å². The Balaban J connectivity index is 2.26. The quantitative estimate of drug-likeness (QED) is 0.869. The Morgan fingerprint density at radius 2 is 1.80 bits per heavy atom. The summed E-state index contributed by atoms with van der Waals surface area (Å²) in [6.45, 7) is 7.62. The molecule has 0 spiro atoms. The van der Waals surface area contributed by atoms with Crippen LogP contribution in [0.5, 0.6) is 0 Å². The number of rotatable bonds is 6. The van der Waals surface area contributed by atoms with Crippen LogP contribution in [-0.2, 0) is 7.05 Å². The number of nitrogens with zero attached hydrogens (tertiary/aromatic N) is 2. The lowest BCUT2D eigenvalue weighted by Crippen LogP contribution is -2.23. The number of imidazole rings is 1. The molecule has 0 bridgehead atoms. The largest absolute Gasteiger partial charge is 0.340 e. The minimum atomic E-state index is 0.178. The van der Waals surface area contributed by atoms with Crippen molar-refractivity contribution in [3.63, 3.8) is 0 Å². The van der Waals surface area contributed by atoms with E-state index in [1.807, 2.05) is 17.9 Å². The second-order valence-electron chi connectivity index (χ2n) is 5.67. The van der Waals surface area contributed by atoms with Crippen LogP contribution in [0.15, 0.2) is 36.8 Å². The van der Waals surface area contributed by atoms with E-state index in [1.54, 1.807) is 0 Å². The molecule has 0 aliphatic heterocycles. The van der Waals surface area contributed by atoms with Crippen LogP contribution < -0.4 is 5.32 Å². The van der Waals surface area contributed by atoms with Crippen molar-refractivity contribution >= 4 is 0 Å². The van der Waals surface area contributed by atoms with Gasteiger partial charge in [-0.3, -0.25) is 0 Å². The molecular formula is C17H25N3. The monoisotopic (exact) mass is 271 g/mol. The number of benzene rings is 1. The Bertz CT molecular complexity index is 525. The van der Waals surface area contributed by atoms with E-state index in [9.17, 15) is 0 Å². The van der Waals surface area contributed by atoms with Crippen molar-refractivity contribution in [2.24, 2.45) is 7.05 Å². The summed E-state index contributed by atoms with van der Waals surface area (Å²) in [5.74, 6) is 0.570. The lowest BCUT2D eigenvalue weighted by atomic mass is 9.98. The molecule has 3 nitrogen and oxygen atoms in total. The zero-order valence-corrected chi connectivity index (χ0v) is 12.9. The molecule has 0 aliphatic carbocycles. The molecule has 20 heavy (non-hydrogen) atoms. The first-order valence-corrected chi connectivity index (χ1v) is 7.43. The minimum Gasteiger partial charge on any atom is -0.340 e. The average Bonchev–Trinajstić information content (AvgIpc) is 2.86. The first-order valence-electron chi connectivity index (χ1n) is 7.43. The molecule has 3 heteroatoms. The van der Waals surface area contributed by atoms with E-state index in [0.29, 0.717) is 5.92 Å². The molecule has 2 rings (SSSR count). The van der Waals surface area contributed by atoms with Gasteiger partial charge in [0, 0.05) is 13.2 Å². The molecule has 2 aromatic rings. The zero-order chi connectivity index (χ0) is 14.5. The van der Waals surface area contributed by atoms with Gasteiger partial charge in [0.2, 0.25) is 0 Å². The molecule has 1 aromatic heterocycles. The Labute approximate surface area is 122 Å². The third kappa shape index (κ3) is 3.48. The van der Waals surface area contributed by atoms with Gasteiger partial charge >= 0.3 is 0 Å². The van der Waals surface area contributed by atoms with E-state index >= 15 is 0 Å². The van der Waals surface area contributed by atoms with E-state index in [1.165, 1.54) is 11.1 Å².